The second-order valence-electron chi connectivity index (χ2n) is 16.2. The molecule has 0 saturated carbocycles. The average molecular weight is 837 g/mol. The van der Waals surface area contributed by atoms with Crippen LogP contribution >= 0.6 is 0 Å². The number of unbranched alkanes of at least 4 members (excludes halogenated alkanes) is 20. The quantitative estimate of drug-likeness (QED) is 0.0350. The van der Waals surface area contributed by atoms with Crippen molar-refractivity contribution in [1.29, 1.82) is 0 Å². The van der Waals surface area contributed by atoms with Crippen LogP contribution in [0.25, 0.3) is 0 Å². The van der Waals surface area contributed by atoms with Crippen LogP contribution in [0.5, 0.6) is 0 Å². The molecule has 2 saturated heterocycles. The molecule has 15 heteroatoms. The molecule has 0 aromatic heterocycles. The van der Waals surface area contributed by atoms with Gasteiger partial charge >= 0.3 is 11.9 Å². The van der Waals surface area contributed by atoms with Gasteiger partial charge in [-0.05, 0) is 12.8 Å². The summed E-state index contributed by atoms with van der Waals surface area (Å²) >= 11 is 0. The standard InChI is InChI=1S/C43H80O15/c1-3-5-7-8-9-10-11-12-13-14-15-16-17-18-19-20-21-22-24-26-35(46)56-31(28-53-34(45)25-23-6-4-2)29-54-42-41(52)39(50)37(48)33(58-42)30-55-43-40(51)38(49)36(47)32(27-44)57-43/h31-33,36-44,47-52H,3-30H2,1-2H3. The summed E-state index contributed by atoms with van der Waals surface area (Å²) in [5, 5.41) is 71.5. The van der Waals surface area contributed by atoms with Crippen LogP contribution in [0.2, 0.25) is 0 Å². The number of carbonyl (C=O) groups excluding carboxylic acids is 2. The van der Waals surface area contributed by atoms with E-state index in [0.29, 0.717) is 12.8 Å². The number of aliphatic hydroxyl groups excluding tert-OH is 7. The Kier molecular flexibility index (Phi) is 29.3. The lowest BCUT2D eigenvalue weighted by molar-refractivity contribution is -0.332. The Balaban J connectivity index is 1.72. The van der Waals surface area contributed by atoms with Gasteiger partial charge in [-0.15, -0.1) is 0 Å². The maximum absolute atomic E-state index is 12.8. The van der Waals surface area contributed by atoms with Crippen molar-refractivity contribution in [3.05, 3.63) is 0 Å². The van der Waals surface area contributed by atoms with Crippen LogP contribution in [-0.2, 0) is 38.0 Å². The Morgan fingerprint density at radius 2 is 0.879 bits per heavy atom. The summed E-state index contributed by atoms with van der Waals surface area (Å²) in [6, 6.07) is 0. The predicted octanol–water partition coefficient (Wildman–Crippen LogP) is 4.48. The number of ether oxygens (including phenoxy) is 6. The minimum absolute atomic E-state index is 0.171. The van der Waals surface area contributed by atoms with Gasteiger partial charge in [-0.3, -0.25) is 9.59 Å². The Morgan fingerprint density at radius 3 is 1.38 bits per heavy atom. The Bertz CT molecular complexity index is 1030. The largest absolute Gasteiger partial charge is 0.462 e. The van der Waals surface area contributed by atoms with E-state index < -0.39 is 92.7 Å². The Hall–Kier alpha value is -1.50. The molecule has 15 nitrogen and oxygen atoms in total. The predicted molar refractivity (Wildman–Crippen MR) is 215 cm³/mol. The fourth-order valence-corrected chi connectivity index (χ4v) is 7.28. The molecule has 0 aromatic rings. The lowest BCUT2D eigenvalue weighted by atomic mass is 9.98. The van der Waals surface area contributed by atoms with Gasteiger partial charge in [-0.2, -0.15) is 0 Å². The third kappa shape index (κ3) is 21.3. The number of hydrogen-bond donors (Lipinski definition) is 7. The minimum Gasteiger partial charge on any atom is -0.462 e. The lowest BCUT2D eigenvalue weighted by Crippen LogP contribution is -2.61. The first-order valence-electron chi connectivity index (χ1n) is 22.6. The van der Waals surface area contributed by atoms with Crippen molar-refractivity contribution >= 4 is 11.9 Å². The Labute approximate surface area is 347 Å². The maximum atomic E-state index is 12.8. The summed E-state index contributed by atoms with van der Waals surface area (Å²) in [5.41, 5.74) is 0. The number of hydrogen-bond acceptors (Lipinski definition) is 15. The highest BCUT2D eigenvalue weighted by Crippen LogP contribution is 2.26. The van der Waals surface area contributed by atoms with E-state index >= 15 is 0 Å². The molecule has 11 unspecified atom stereocenters. The van der Waals surface area contributed by atoms with E-state index in [1.165, 1.54) is 96.3 Å². The molecule has 2 aliphatic heterocycles. The molecule has 7 N–H and O–H groups in total. The molecular weight excluding hydrogens is 756 g/mol. The van der Waals surface area contributed by atoms with Crippen molar-refractivity contribution in [1.82, 2.24) is 0 Å². The average Bonchev–Trinajstić information content (AvgIpc) is 3.21. The van der Waals surface area contributed by atoms with Crippen LogP contribution in [0.15, 0.2) is 0 Å². The van der Waals surface area contributed by atoms with Gasteiger partial charge in [0, 0.05) is 12.8 Å². The van der Waals surface area contributed by atoms with Gasteiger partial charge in [0.25, 0.3) is 0 Å². The molecule has 0 aromatic carbocycles. The summed E-state index contributed by atoms with van der Waals surface area (Å²) in [5.74, 6) is -0.944. The third-order valence-electron chi connectivity index (χ3n) is 11.1. The van der Waals surface area contributed by atoms with E-state index in [4.69, 9.17) is 28.4 Å². The second kappa shape index (κ2) is 32.2. The van der Waals surface area contributed by atoms with Gasteiger partial charge in [0.2, 0.25) is 0 Å². The van der Waals surface area contributed by atoms with Crippen LogP contribution in [0.4, 0.5) is 0 Å². The van der Waals surface area contributed by atoms with E-state index in [1.54, 1.807) is 0 Å². The molecule has 2 fully saturated rings. The van der Waals surface area contributed by atoms with Gasteiger partial charge in [0.05, 0.1) is 19.8 Å². The van der Waals surface area contributed by atoms with E-state index in [-0.39, 0.29) is 26.1 Å². The van der Waals surface area contributed by atoms with Gasteiger partial charge in [0.15, 0.2) is 18.7 Å². The summed E-state index contributed by atoms with van der Waals surface area (Å²) in [6.45, 7) is 2.40. The first kappa shape index (κ1) is 52.6. The van der Waals surface area contributed by atoms with Gasteiger partial charge in [-0.25, -0.2) is 0 Å². The highest BCUT2D eigenvalue weighted by atomic mass is 16.7. The third-order valence-corrected chi connectivity index (χ3v) is 11.1. The van der Waals surface area contributed by atoms with E-state index in [0.717, 1.165) is 32.1 Å². The summed E-state index contributed by atoms with van der Waals surface area (Å²) in [6.07, 6.45) is 9.71. The van der Waals surface area contributed by atoms with Gasteiger partial charge in [0.1, 0.15) is 55.4 Å². The lowest BCUT2D eigenvalue weighted by Gasteiger charge is -2.42. The molecule has 342 valence electrons. The molecule has 58 heavy (non-hydrogen) atoms. The topological polar surface area (TPSA) is 231 Å². The first-order chi connectivity index (χ1) is 28.0. The maximum Gasteiger partial charge on any atom is 0.306 e. The number of esters is 2. The van der Waals surface area contributed by atoms with Gasteiger partial charge in [-0.1, -0.05) is 142 Å². The monoisotopic (exact) mass is 837 g/mol. The van der Waals surface area contributed by atoms with Gasteiger partial charge < -0.3 is 64.2 Å². The summed E-state index contributed by atoms with van der Waals surface area (Å²) < 4.78 is 33.2. The van der Waals surface area contributed by atoms with Crippen molar-refractivity contribution in [3.8, 4) is 0 Å². The van der Waals surface area contributed by atoms with E-state index in [1.807, 2.05) is 6.92 Å². The fourth-order valence-electron chi connectivity index (χ4n) is 7.28. The normalized spacial score (nSPS) is 28.0. The summed E-state index contributed by atoms with van der Waals surface area (Å²) in [4.78, 5) is 25.2. The smallest absolute Gasteiger partial charge is 0.306 e. The van der Waals surface area contributed by atoms with Crippen molar-refractivity contribution < 1.29 is 73.8 Å². The number of rotatable bonds is 34. The summed E-state index contributed by atoms with van der Waals surface area (Å²) in [7, 11) is 0. The second-order valence-corrected chi connectivity index (χ2v) is 16.2. The van der Waals surface area contributed by atoms with Crippen LogP contribution < -0.4 is 0 Å². The fraction of sp³-hybridized carbons (Fsp3) is 0.953. The zero-order valence-corrected chi connectivity index (χ0v) is 35.5. The SMILES string of the molecule is CCCCCCCCCCCCCCCCCCCCCC(=O)OC(COC(=O)CCCCC)COC1OC(COC2OC(CO)C(O)C(O)C2O)C(O)C(O)C1O. The number of aliphatic hydroxyl groups is 7. The molecule has 0 bridgehead atoms. The van der Waals surface area contributed by atoms with Crippen LogP contribution in [-0.4, -0.2) is 142 Å². The van der Waals surface area contributed by atoms with Crippen molar-refractivity contribution in [3.63, 3.8) is 0 Å². The molecule has 0 spiro atoms. The molecule has 0 radical (unpaired) electrons. The van der Waals surface area contributed by atoms with Crippen LogP contribution in [0, 0.1) is 0 Å². The zero-order chi connectivity index (χ0) is 42.5. The highest BCUT2D eigenvalue weighted by Gasteiger charge is 2.47. The van der Waals surface area contributed by atoms with Crippen LogP contribution in [0.3, 0.4) is 0 Å². The molecule has 0 aliphatic carbocycles. The first-order valence-corrected chi connectivity index (χ1v) is 22.6. The van der Waals surface area contributed by atoms with Crippen molar-refractivity contribution in [2.45, 2.75) is 235 Å². The van der Waals surface area contributed by atoms with E-state index in [2.05, 4.69) is 6.92 Å². The number of carbonyl (C=O) groups is 2. The van der Waals surface area contributed by atoms with Crippen molar-refractivity contribution in [2.75, 3.05) is 26.4 Å². The van der Waals surface area contributed by atoms with E-state index in [9.17, 15) is 45.3 Å². The zero-order valence-electron chi connectivity index (χ0n) is 35.5. The minimum atomic E-state index is -1.76. The molecule has 2 heterocycles. The molecular formula is C43H80O15. The van der Waals surface area contributed by atoms with Crippen molar-refractivity contribution in [2.24, 2.45) is 0 Å². The molecule has 11 atom stereocenters. The highest BCUT2D eigenvalue weighted by molar-refractivity contribution is 5.70. The van der Waals surface area contributed by atoms with Crippen LogP contribution in [0.1, 0.15) is 168 Å². The Morgan fingerprint density at radius 1 is 0.483 bits per heavy atom. The molecule has 0 amide bonds. The molecule has 2 rings (SSSR count). The molecule has 2 aliphatic rings.